The Bertz CT molecular complexity index is 539. The fraction of sp³-hybridized carbons (Fsp3) is 0.333. The second-order valence-electron chi connectivity index (χ2n) is 3.83. The van der Waals surface area contributed by atoms with Crippen LogP contribution < -0.4 is 0 Å². The Morgan fingerprint density at radius 2 is 2.31 bits per heavy atom. The number of nitrogens with zero attached hydrogens (tertiary/aromatic N) is 2. The summed E-state index contributed by atoms with van der Waals surface area (Å²) in [5.74, 6) is 0. The summed E-state index contributed by atoms with van der Waals surface area (Å²) in [5.41, 5.74) is 3.70. The summed E-state index contributed by atoms with van der Waals surface area (Å²) in [5, 5.41) is 0. The van der Waals surface area contributed by atoms with Crippen molar-refractivity contribution in [3.8, 4) is 0 Å². The van der Waals surface area contributed by atoms with E-state index in [9.17, 15) is 0 Å². The minimum atomic E-state index is 0.778. The molecule has 0 unspecified atom stereocenters. The zero-order valence-corrected chi connectivity index (χ0v) is 10.3. The Morgan fingerprint density at radius 3 is 3.00 bits per heavy atom. The number of H-pyrrole nitrogens is 1. The summed E-state index contributed by atoms with van der Waals surface area (Å²) in [6.45, 7) is 5.02. The van der Waals surface area contributed by atoms with E-state index in [1.807, 2.05) is 24.7 Å². The van der Waals surface area contributed by atoms with Crippen LogP contribution in [0.2, 0.25) is 0 Å². The Balaban J connectivity index is 2.37. The third kappa shape index (κ3) is 2.07. The number of rotatable bonds is 3. The van der Waals surface area contributed by atoms with Crippen molar-refractivity contribution in [1.29, 1.82) is 0 Å². The van der Waals surface area contributed by atoms with E-state index in [1.54, 1.807) is 0 Å². The normalized spacial score (nSPS) is 10.6. The zero-order chi connectivity index (χ0) is 11.5. The van der Waals surface area contributed by atoms with Gasteiger partial charge in [-0.15, -0.1) is 0 Å². The highest BCUT2D eigenvalue weighted by molar-refractivity contribution is 7.71. The maximum atomic E-state index is 5.27. The Morgan fingerprint density at radius 1 is 1.50 bits per heavy atom. The summed E-state index contributed by atoms with van der Waals surface area (Å²) >= 11 is 5.27. The number of aryl methyl sites for hydroxylation is 2. The lowest BCUT2D eigenvalue weighted by atomic mass is 10.1. The number of hydrogen-bond donors (Lipinski definition) is 1. The van der Waals surface area contributed by atoms with Gasteiger partial charge < -0.3 is 9.55 Å². The quantitative estimate of drug-likeness (QED) is 0.827. The Kier molecular flexibility index (Phi) is 3.19. The third-order valence-electron chi connectivity index (χ3n) is 2.79. The van der Waals surface area contributed by atoms with Crippen LogP contribution in [0, 0.1) is 11.7 Å². The van der Waals surface area contributed by atoms with Crippen molar-refractivity contribution in [2.75, 3.05) is 0 Å². The Hall–Kier alpha value is -1.42. The maximum Gasteiger partial charge on any atom is 0.177 e. The lowest BCUT2D eigenvalue weighted by Crippen LogP contribution is -2.05. The molecule has 0 amide bonds. The van der Waals surface area contributed by atoms with Crippen molar-refractivity contribution >= 4 is 12.2 Å². The third-order valence-corrected chi connectivity index (χ3v) is 3.13. The fourth-order valence-electron chi connectivity index (χ4n) is 1.73. The lowest BCUT2D eigenvalue weighted by Gasteiger charge is -2.08. The first-order chi connectivity index (χ1) is 7.72. The van der Waals surface area contributed by atoms with Crippen LogP contribution in [0.25, 0.3) is 0 Å². The minimum absolute atomic E-state index is 0.778. The molecule has 2 heterocycles. The topological polar surface area (TPSA) is 33.6 Å². The van der Waals surface area contributed by atoms with Gasteiger partial charge in [0.15, 0.2) is 4.77 Å². The summed E-state index contributed by atoms with van der Waals surface area (Å²) < 4.78 is 2.90. The van der Waals surface area contributed by atoms with Crippen LogP contribution in [-0.2, 0) is 13.0 Å². The molecule has 2 rings (SSSR count). The second-order valence-corrected chi connectivity index (χ2v) is 4.21. The molecule has 0 radical (unpaired) electrons. The lowest BCUT2D eigenvalue weighted by molar-refractivity contribution is 0.730. The van der Waals surface area contributed by atoms with Gasteiger partial charge in [0.25, 0.3) is 0 Å². The Labute approximate surface area is 100 Å². The van der Waals surface area contributed by atoms with Crippen molar-refractivity contribution in [3.05, 3.63) is 46.2 Å². The minimum Gasteiger partial charge on any atom is -0.337 e. The smallest absolute Gasteiger partial charge is 0.177 e. The summed E-state index contributed by atoms with van der Waals surface area (Å²) in [6, 6.07) is 2.03. The maximum absolute atomic E-state index is 5.27. The average molecular weight is 233 g/mol. The highest BCUT2D eigenvalue weighted by Crippen LogP contribution is 2.11. The molecule has 0 aliphatic rings. The van der Waals surface area contributed by atoms with Gasteiger partial charge in [0.05, 0.1) is 6.54 Å². The fourth-order valence-corrected chi connectivity index (χ4v) is 1.97. The van der Waals surface area contributed by atoms with Crippen LogP contribution in [0.3, 0.4) is 0 Å². The summed E-state index contributed by atoms with van der Waals surface area (Å²) in [4.78, 5) is 7.24. The van der Waals surface area contributed by atoms with E-state index in [0.717, 1.165) is 17.7 Å². The molecular weight excluding hydrogens is 218 g/mol. The summed E-state index contributed by atoms with van der Waals surface area (Å²) in [6.07, 6.45) is 6.68. The van der Waals surface area contributed by atoms with E-state index < -0.39 is 0 Å². The molecule has 0 saturated heterocycles. The van der Waals surface area contributed by atoms with Gasteiger partial charge in [0, 0.05) is 24.3 Å². The number of hydrogen-bond acceptors (Lipinski definition) is 2. The zero-order valence-electron chi connectivity index (χ0n) is 9.53. The molecule has 0 spiro atoms. The molecule has 0 aromatic carbocycles. The van der Waals surface area contributed by atoms with Gasteiger partial charge in [-0.25, -0.2) is 0 Å². The number of nitrogens with one attached hydrogen (secondary N) is 1. The van der Waals surface area contributed by atoms with E-state index in [0.29, 0.717) is 0 Å². The largest absolute Gasteiger partial charge is 0.337 e. The first kappa shape index (κ1) is 11.1. The van der Waals surface area contributed by atoms with Crippen LogP contribution in [0.15, 0.2) is 24.7 Å². The molecule has 0 atom stereocenters. The van der Waals surface area contributed by atoms with Gasteiger partial charge in [0.1, 0.15) is 0 Å². The number of pyridine rings is 1. The van der Waals surface area contributed by atoms with Gasteiger partial charge in [-0.05, 0) is 42.8 Å². The van der Waals surface area contributed by atoms with Crippen LogP contribution >= 0.6 is 12.2 Å². The second kappa shape index (κ2) is 4.61. The molecular formula is C12H15N3S. The van der Waals surface area contributed by atoms with Crippen LogP contribution in [0.1, 0.15) is 23.7 Å². The monoisotopic (exact) mass is 233 g/mol. The first-order valence-corrected chi connectivity index (χ1v) is 5.79. The molecule has 4 heteroatoms. The standard InChI is InChI=1S/C12H15N3S/c1-3-11-7-14-12(16)15(11)8-10-6-13-5-4-9(10)2/h4-7H,3,8H2,1-2H3,(H,14,16). The van der Waals surface area contributed by atoms with Gasteiger partial charge in [-0.1, -0.05) is 6.92 Å². The highest BCUT2D eigenvalue weighted by Gasteiger charge is 2.04. The first-order valence-electron chi connectivity index (χ1n) is 5.39. The molecule has 16 heavy (non-hydrogen) atoms. The molecule has 3 nitrogen and oxygen atoms in total. The highest BCUT2D eigenvalue weighted by atomic mass is 32.1. The SMILES string of the molecule is CCc1c[nH]c(=S)n1Cc1cnccc1C. The summed E-state index contributed by atoms with van der Waals surface area (Å²) in [7, 11) is 0. The molecule has 2 aromatic rings. The van der Waals surface area contributed by atoms with Crippen molar-refractivity contribution < 1.29 is 0 Å². The number of imidazole rings is 1. The van der Waals surface area contributed by atoms with Crippen LogP contribution in [-0.4, -0.2) is 14.5 Å². The molecule has 84 valence electrons. The van der Waals surface area contributed by atoms with Gasteiger partial charge in [-0.2, -0.15) is 0 Å². The predicted octanol–water partition coefficient (Wildman–Crippen LogP) is 2.86. The molecule has 1 N–H and O–H groups in total. The van der Waals surface area contributed by atoms with E-state index >= 15 is 0 Å². The van der Waals surface area contributed by atoms with Crippen LogP contribution in [0.5, 0.6) is 0 Å². The van der Waals surface area contributed by atoms with E-state index in [4.69, 9.17) is 12.2 Å². The molecule has 0 bridgehead atoms. The van der Waals surface area contributed by atoms with Crippen molar-refractivity contribution in [3.63, 3.8) is 0 Å². The molecule has 0 aliphatic carbocycles. The van der Waals surface area contributed by atoms with E-state index in [1.165, 1.54) is 16.8 Å². The van der Waals surface area contributed by atoms with Crippen molar-refractivity contribution in [2.24, 2.45) is 0 Å². The average Bonchev–Trinajstić information content (AvgIpc) is 2.63. The molecule has 0 aliphatic heterocycles. The van der Waals surface area contributed by atoms with Crippen molar-refractivity contribution in [1.82, 2.24) is 14.5 Å². The van der Waals surface area contributed by atoms with Crippen molar-refractivity contribution in [2.45, 2.75) is 26.8 Å². The van der Waals surface area contributed by atoms with Gasteiger partial charge >= 0.3 is 0 Å². The molecule has 2 aromatic heterocycles. The van der Waals surface area contributed by atoms with Gasteiger partial charge in [0.2, 0.25) is 0 Å². The molecule has 0 fully saturated rings. The van der Waals surface area contributed by atoms with E-state index in [-0.39, 0.29) is 0 Å². The number of aromatic nitrogens is 3. The predicted molar refractivity (Wildman–Crippen MR) is 67.1 cm³/mol. The van der Waals surface area contributed by atoms with E-state index in [2.05, 4.69) is 28.4 Å². The van der Waals surface area contributed by atoms with Gasteiger partial charge in [-0.3, -0.25) is 4.98 Å². The van der Waals surface area contributed by atoms with Crippen LogP contribution in [0.4, 0.5) is 0 Å². The number of aromatic amines is 1. The molecule has 0 saturated carbocycles.